The van der Waals surface area contributed by atoms with Crippen LogP contribution < -0.4 is 0 Å². The third kappa shape index (κ3) is 1.68. The van der Waals surface area contributed by atoms with Crippen molar-refractivity contribution >= 4 is 24.8 Å². The minimum Gasteiger partial charge on any atom is -0.437 e. The number of nitrogens with zero attached hydrogens (tertiary/aromatic N) is 1. The Morgan fingerprint density at radius 1 is 1.55 bits per heavy atom. The van der Waals surface area contributed by atoms with Crippen molar-refractivity contribution in [3.05, 3.63) is 11.1 Å². The summed E-state index contributed by atoms with van der Waals surface area (Å²) in [6, 6.07) is 0. The van der Waals surface area contributed by atoms with E-state index in [9.17, 15) is 0 Å². The second kappa shape index (κ2) is 2.68. The monoisotopic (exact) mass is 189 g/mol. The third-order valence-corrected chi connectivity index (χ3v) is 1.93. The van der Waals surface area contributed by atoms with Gasteiger partial charge in [-0.15, -0.1) is 12.6 Å². The van der Waals surface area contributed by atoms with E-state index in [1.54, 1.807) is 6.26 Å². The summed E-state index contributed by atoms with van der Waals surface area (Å²) >= 11 is 9.18. The van der Waals surface area contributed by atoms with Crippen LogP contribution in [0.2, 0.25) is 0 Å². The van der Waals surface area contributed by atoms with Gasteiger partial charge in [0, 0.05) is 5.54 Å². The summed E-state index contributed by atoms with van der Waals surface area (Å²) in [7, 11) is 0. The first kappa shape index (κ1) is 8.87. The first-order valence-electron chi connectivity index (χ1n) is 3.33. The lowest BCUT2D eigenvalue weighted by Crippen LogP contribution is -2.21. The van der Waals surface area contributed by atoms with Gasteiger partial charge in [0.05, 0.1) is 0 Å². The molecule has 0 aromatic carbocycles. The minimum absolute atomic E-state index is 0.0544. The lowest BCUT2D eigenvalue weighted by Gasteiger charge is -2.20. The van der Waals surface area contributed by atoms with Crippen molar-refractivity contribution < 1.29 is 4.42 Å². The van der Waals surface area contributed by atoms with E-state index in [1.165, 1.54) is 0 Å². The fourth-order valence-electron chi connectivity index (χ4n) is 0.920. The van der Waals surface area contributed by atoms with Crippen LogP contribution in [-0.2, 0) is 5.54 Å². The van der Waals surface area contributed by atoms with Crippen molar-refractivity contribution in [3.63, 3.8) is 0 Å². The summed E-state index contributed by atoms with van der Waals surface area (Å²) in [6.07, 6.45) is 1.55. The zero-order valence-electron chi connectivity index (χ0n) is 6.79. The molecule has 1 heterocycles. The summed E-state index contributed by atoms with van der Waals surface area (Å²) in [5.74, 6) is 0. The maximum Gasteiger partial charge on any atom is 0.269 e. The lowest BCUT2D eigenvalue weighted by atomic mass is 10.1. The van der Waals surface area contributed by atoms with Crippen LogP contribution in [0.25, 0.3) is 0 Å². The standard InChI is InChI=1S/C7H11NOS2/c1-7(2,3)8-5(10)4-9-6(8)11/h4,10H,1-3H3. The molecule has 0 amide bonds. The van der Waals surface area contributed by atoms with Crippen LogP contribution in [0.4, 0.5) is 0 Å². The Morgan fingerprint density at radius 2 is 2.09 bits per heavy atom. The number of hydrogen-bond donors (Lipinski definition) is 1. The highest BCUT2D eigenvalue weighted by Crippen LogP contribution is 2.21. The van der Waals surface area contributed by atoms with Crippen LogP contribution in [0, 0.1) is 4.84 Å². The van der Waals surface area contributed by atoms with E-state index in [4.69, 9.17) is 16.6 Å². The maximum atomic E-state index is 5.02. The van der Waals surface area contributed by atoms with E-state index in [0.717, 1.165) is 5.03 Å². The van der Waals surface area contributed by atoms with Gasteiger partial charge in [0.25, 0.3) is 4.84 Å². The Labute approximate surface area is 76.6 Å². The van der Waals surface area contributed by atoms with Crippen molar-refractivity contribution in [2.45, 2.75) is 31.3 Å². The number of aromatic nitrogens is 1. The molecule has 0 aliphatic rings. The average Bonchev–Trinajstić information content (AvgIpc) is 2.08. The predicted molar refractivity (Wildman–Crippen MR) is 49.8 cm³/mol. The van der Waals surface area contributed by atoms with Gasteiger partial charge in [-0.05, 0) is 33.0 Å². The molecule has 1 rings (SSSR count). The highest BCUT2D eigenvalue weighted by atomic mass is 32.1. The quantitative estimate of drug-likeness (QED) is 0.499. The highest BCUT2D eigenvalue weighted by Gasteiger charge is 2.17. The van der Waals surface area contributed by atoms with Crippen LogP contribution in [0.5, 0.6) is 0 Å². The zero-order valence-corrected chi connectivity index (χ0v) is 8.50. The maximum absolute atomic E-state index is 5.02. The van der Waals surface area contributed by atoms with Gasteiger partial charge in [-0.1, -0.05) is 0 Å². The van der Waals surface area contributed by atoms with Gasteiger partial charge in [0.1, 0.15) is 11.3 Å². The van der Waals surface area contributed by atoms with Crippen LogP contribution >= 0.6 is 24.8 Å². The first-order valence-corrected chi connectivity index (χ1v) is 4.18. The SMILES string of the molecule is CC(C)(C)n1c(S)coc1=S. The van der Waals surface area contributed by atoms with Crippen molar-refractivity contribution in [1.82, 2.24) is 4.57 Å². The van der Waals surface area contributed by atoms with Gasteiger partial charge in [-0.3, -0.25) is 4.57 Å². The fourth-order valence-corrected chi connectivity index (χ4v) is 1.85. The Morgan fingerprint density at radius 3 is 2.27 bits per heavy atom. The van der Waals surface area contributed by atoms with Crippen molar-refractivity contribution in [2.24, 2.45) is 0 Å². The normalized spacial score (nSPS) is 12.0. The van der Waals surface area contributed by atoms with Crippen molar-refractivity contribution in [1.29, 1.82) is 0 Å². The van der Waals surface area contributed by atoms with Crippen LogP contribution in [0.3, 0.4) is 0 Å². The van der Waals surface area contributed by atoms with Gasteiger partial charge in [-0.25, -0.2) is 0 Å². The van der Waals surface area contributed by atoms with E-state index < -0.39 is 0 Å². The van der Waals surface area contributed by atoms with Crippen LogP contribution in [0.1, 0.15) is 20.8 Å². The van der Waals surface area contributed by atoms with Gasteiger partial charge in [-0.2, -0.15) is 0 Å². The van der Waals surface area contributed by atoms with Gasteiger partial charge in [0.2, 0.25) is 0 Å². The fraction of sp³-hybridized carbons (Fsp3) is 0.571. The molecule has 0 N–H and O–H groups in total. The van der Waals surface area contributed by atoms with E-state index in [0.29, 0.717) is 4.84 Å². The highest BCUT2D eigenvalue weighted by molar-refractivity contribution is 7.80. The summed E-state index contributed by atoms with van der Waals surface area (Å²) in [6.45, 7) is 6.16. The molecule has 1 aromatic heterocycles. The lowest BCUT2D eigenvalue weighted by molar-refractivity contribution is 0.349. The molecule has 1 aromatic rings. The number of thiol groups is 1. The third-order valence-electron chi connectivity index (χ3n) is 1.35. The smallest absolute Gasteiger partial charge is 0.269 e. The summed E-state index contributed by atoms with van der Waals surface area (Å²) in [5, 5.41) is 0.766. The van der Waals surface area contributed by atoms with Crippen LogP contribution in [0.15, 0.2) is 15.7 Å². The molecule has 0 unspecified atom stereocenters. The summed E-state index contributed by atoms with van der Waals surface area (Å²) in [4.78, 5) is 0.475. The van der Waals surface area contributed by atoms with Crippen molar-refractivity contribution in [2.75, 3.05) is 0 Å². The second-order valence-electron chi connectivity index (χ2n) is 3.37. The molecular formula is C7H11NOS2. The molecule has 0 saturated carbocycles. The Bertz CT molecular complexity index is 305. The molecule has 4 heteroatoms. The predicted octanol–water partition coefficient (Wildman–Crippen LogP) is 2.85. The minimum atomic E-state index is -0.0544. The van der Waals surface area contributed by atoms with E-state index in [1.807, 2.05) is 4.57 Å². The molecule has 0 atom stereocenters. The van der Waals surface area contributed by atoms with E-state index >= 15 is 0 Å². The largest absolute Gasteiger partial charge is 0.437 e. The van der Waals surface area contributed by atoms with Gasteiger partial charge >= 0.3 is 0 Å². The first-order chi connectivity index (χ1) is 4.93. The number of rotatable bonds is 0. The molecule has 0 saturated heterocycles. The average molecular weight is 189 g/mol. The number of oxazole rings is 1. The van der Waals surface area contributed by atoms with Gasteiger partial charge in [0.15, 0.2) is 0 Å². The molecule has 0 aliphatic heterocycles. The molecule has 2 nitrogen and oxygen atoms in total. The topological polar surface area (TPSA) is 18.1 Å². The van der Waals surface area contributed by atoms with E-state index in [-0.39, 0.29) is 5.54 Å². The molecule has 0 spiro atoms. The molecule has 0 bridgehead atoms. The summed E-state index contributed by atoms with van der Waals surface area (Å²) < 4.78 is 6.89. The van der Waals surface area contributed by atoms with Crippen molar-refractivity contribution in [3.8, 4) is 0 Å². The number of hydrogen-bond acceptors (Lipinski definition) is 3. The Kier molecular flexibility index (Phi) is 2.16. The second-order valence-corrected chi connectivity index (χ2v) is 4.17. The molecule has 0 radical (unpaired) electrons. The van der Waals surface area contributed by atoms with Crippen LogP contribution in [-0.4, -0.2) is 4.57 Å². The zero-order chi connectivity index (χ0) is 8.65. The molecule has 0 aliphatic carbocycles. The molecule has 0 fully saturated rings. The Balaban J connectivity index is 3.33. The van der Waals surface area contributed by atoms with E-state index in [2.05, 4.69) is 33.4 Å². The molecular weight excluding hydrogens is 178 g/mol. The van der Waals surface area contributed by atoms with Gasteiger partial charge < -0.3 is 4.42 Å². The molecule has 62 valence electrons. The molecule has 11 heavy (non-hydrogen) atoms. The Hall–Kier alpha value is -0.220. The summed E-state index contributed by atoms with van der Waals surface area (Å²) in [5.41, 5.74) is -0.0544.